The van der Waals surface area contributed by atoms with Gasteiger partial charge in [0.15, 0.2) is 0 Å². The van der Waals surface area contributed by atoms with Gasteiger partial charge in [-0.05, 0) is 24.5 Å². The summed E-state index contributed by atoms with van der Waals surface area (Å²) in [5.41, 5.74) is 1.08. The SMILES string of the molecule is CCCc1nc(SCC(=O)NCCc2ccccc2OC)n[nH]1. The first-order valence-corrected chi connectivity index (χ1v) is 8.64. The van der Waals surface area contributed by atoms with Gasteiger partial charge in [-0.3, -0.25) is 9.89 Å². The molecule has 2 N–H and O–H groups in total. The van der Waals surface area contributed by atoms with E-state index in [4.69, 9.17) is 4.74 Å². The molecule has 0 bridgehead atoms. The fourth-order valence-electron chi connectivity index (χ4n) is 2.12. The minimum absolute atomic E-state index is 0.0215. The zero-order valence-electron chi connectivity index (χ0n) is 13.5. The Labute approximate surface area is 140 Å². The summed E-state index contributed by atoms with van der Waals surface area (Å²) in [6, 6.07) is 7.82. The zero-order chi connectivity index (χ0) is 16.5. The lowest BCUT2D eigenvalue weighted by molar-refractivity contribution is -0.118. The third kappa shape index (κ3) is 5.59. The van der Waals surface area contributed by atoms with E-state index in [-0.39, 0.29) is 5.91 Å². The fourth-order valence-corrected chi connectivity index (χ4v) is 2.77. The highest BCUT2D eigenvalue weighted by molar-refractivity contribution is 7.99. The maximum Gasteiger partial charge on any atom is 0.230 e. The molecular formula is C16H22N4O2S. The van der Waals surface area contributed by atoms with Crippen molar-refractivity contribution in [3.05, 3.63) is 35.7 Å². The van der Waals surface area contributed by atoms with Crippen LogP contribution in [0.4, 0.5) is 0 Å². The van der Waals surface area contributed by atoms with Crippen LogP contribution in [0.25, 0.3) is 0 Å². The van der Waals surface area contributed by atoms with E-state index in [0.717, 1.165) is 36.4 Å². The van der Waals surface area contributed by atoms with Gasteiger partial charge in [-0.2, -0.15) is 0 Å². The molecule has 0 radical (unpaired) electrons. The zero-order valence-corrected chi connectivity index (χ0v) is 14.3. The summed E-state index contributed by atoms with van der Waals surface area (Å²) in [4.78, 5) is 16.2. The molecule has 6 nitrogen and oxygen atoms in total. The molecule has 0 spiro atoms. The number of hydrogen-bond acceptors (Lipinski definition) is 5. The Kier molecular flexibility index (Phi) is 6.93. The van der Waals surface area contributed by atoms with Gasteiger partial charge in [0.25, 0.3) is 0 Å². The number of carbonyl (C=O) groups excluding carboxylic acids is 1. The number of thioether (sulfide) groups is 1. The number of aromatic nitrogens is 3. The van der Waals surface area contributed by atoms with Crippen LogP contribution in [-0.4, -0.2) is 40.5 Å². The van der Waals surface area contributed by atoms with E-state index in [1.54, 1.807) is 7.11 Å². The fraction of sp³-hybridized carbons (Fsp3) is 0.438. The van der Waals surface area contributed by atoms with Crippen LogP contribution < -0.4 is 10.1 Å². The molecule has 1 amide bonds. The summed E-state index contributed by atoms with van der Waals surface area (Å²) in [6.45, 7) is 2.67. The number of nitrogens with one attached hydrogen (secondary N) is 2. The number of H-pyrrole nitrogens is 1. The Hall–Kier alpha value is -2.02. The van der Waals surface area contributed by atoms with Gasteiger partial charge in [0.1, 0.15) is 11.6 Å². The molecule has 0 aliphatic heterocycles. The average molecular weight is 334 g/mol. The number of aromatic amines is 1. The van der Waals surface area contributed by atoms with Crippen molar-refractivity contribution >= 4 is 17.7 Å². The number of hydrogen-bond donors (Lipinski definition) is 2. The van der Waals surface area contributed by atoms with Crippen LogP contribution in [0.3, 0.4) is 0 Å². The van der Waals surface area contributed by atoms with Gasteiger partial charge < -0.3 is 10.1 Å². The van der Waals surface area contributed by atoms with E-state index in [2.05, 4.69) is 27.4 Å². The molecule has 0 aliphatic rings. The molecule has 7 heteroatoms. The van der Waals surface area contributed by atoms with Gasteiger partial charge >= 0.3 is 0 Å². The lowest BCUT2D eigenvalue weighted by Gasteiger charge is -2.08. The molecular weight excluding hydrogens is 312 g/mol. The smallest absolute Gasteiger partial charge is 0.230 e. The maximum atomic E-state index is 11.9. The molecule has 2 rings (SSSR count). The Morgan fingerprint density at radius 3 is 2.96 bits per heavy atom. The van der Waals surface area contributed by atoms with Crippen LogP contribution in [-0.2, 0) is 17.6 Å². The number of ether oxygens (including phenoxy) is 1. The molecule has 0 fully saturated rings. The standard InChI is InChI=1S/C16H22N4O2S/c1-3-6-14-18-16(20-19-14)23-11-15(21)17-10-9-12-7-4-5-8-13(12)22-2/h4-5,7-8H,3,6,9-11H2,1-2H3,(H,17,21)(H,18,19,20). The molecule has 1 aromatic carbocycles. The minimum Gasteiger partial charge on any atom is -0.496 e. The lowest BCUT2D eigenvalue weighted by Crippen LogP contribution is -2.27. The van der Waals surface area contributed by atoms with Crippen molar-refractivity contribution in [2.75, 3.05) is 19.4 Å². The Balaban J connectivity index is 1.70. The number of nitrogens with zero attached hydrogens (tertiary/aromatic N) is 2. The van der Waals surface area contributed by atoms with Crippen LogP contribution >= 0.6 is 11.8 Å². The molecule has 1 heterocycles. The number of rotatable bonds is 9. The summed E-state index contributed by atoms with van der Waals surface area (Å²) in [5, 5.41) is 10.5. The van der Waals surface area contributed by atoms with Crippen LogP contribution in [0.15, 0.2) is 29.4 Å². The third-order valence-electron chi connectivity index (χ3n) is 3.24. The van der Waals surface area contributed by atoms with Gasteiger partial charge in [0.05, 0.1) is 12.9 Å². The van der Waals surface area contributed by atoms with Crippen LogP contribution in [0, 0.1) is 0 Å². The normalized spacial score (nSPS) is 10.5. The van der Waals surface area contributed by atoms with Crippen molar-refractivity contribution in [3.8, 4) is 5.75 Å². The third-order valence-corrected chi connectivity index (χ3v) is 4.09. The highest BCUT2D eigenvalue weighted by Crippen LogP contribution is 2.17. The first-order chi connectivity index (χ1) is 11.2. The molecule has 2 aromatic rings. The summed E-state index contributed by atoms with van der Waals surface area (Å²) < 4.78 is 5.29. The molecule has 0 atom stereocenters. The van der Waals surface area contributed by atoms with E-state index in [1.165, 1.54) is 11.8 Å². The number of methoxy groups -OCH3 is 1. The second-order valence-electron chi connectivity index (χ2n) is 5.02. The molecule has 124 valence electrons. The second kappa shape index (κ2) is 9.19. The Morgan fingerprint density at radius 2 is 2.17 bits per heavy atom. The van der Waals surface area contributed by atoms with E-state index >= 15 is 0 Å². The molecule has 0 aliphatic carbocycles. The Morgan fingerprint density at radius 1 is 1.35 bits per heavy atom. The molecule has 0 saturated carbocycles. The van der Waals surface area contributed by atoms with Crippen molar-refractivity contribution < 1.29 is 9.53 Å². The summed E-state index contributed by atoms with van der Waals surface area (Å²) in [7, 11) is 1.65. The van der Waals surface area contributed by atoms with Crippen molar-refractivity contribution in [1.29, 1.82) is 0 Å². The van der Waals surface area contributed by atoms with Gasteiger partial charge in [0, 0.05) is 13.0 Å². The van der Waals surface area contributed by atoms with E-state index in [1.807, 2.05) is 24.3 Å². The number of amides is 1. The quantitative estimate of drug-likeness (QED) is 0.687. The second-order valence-corrected chi connectivity index (χ2v) is 5.96. The van der Waals surface area contributed by atoms with Crippen LogP contribution in [0.1, 0.15) is 24.7 Å². The largest absolute Gasteiger partial charge is 0.496 e. The van der Waals surface area contributed by atoms with Crippen molar-refractivity contribution in [1.82, 2.24) is 20.5 Å². The number of carbonyl (C=O) groups is 1. The molecule has 1 aromatic heterocycles. The topological polar surface area (TPSA) is 79.9 Å². The van der Waals surface area contributed by atoms with Crippen molar-refractivity contribution in [2.24, 2.45) is 0 Å². The summed E-state index contributed by atoms with van der Waals surface area (Å²) in [6.07, 6.45) is 2.63. The van der Waals surface area contributed by atoms with Crippen molar-refractivity contribution in [3.63, 3.8) is 0 Å². The van der Waals surface area contributed by atoms with Gasteiger partial charge in [-0.1, -0.05) is 36.9 Å². The van der Waals surface area contributed by atoms with Crippen molar-refractivity contribution in [2.45, 2.75) is 31.3 Å². The van der Waals surface area contributed by atoms with Gasteiger partial charge in [-0.25, -0.2) is 4.98 Å². The van der Waals surface area contributed by atoms with E-state index in [0.29, 0.717) is 17.5 Å². The Bertz CT molecular complexity index is 630. The van der Waals surface area contributed by atoms with Crippen LogP contribution in [0.5, 0.6) is 5.75 Å². The first kappa shape index (κ1) is 17.3. The van der Waals surface area contributed by atoms with E-state index in [9.17, 15) is 4.79 Å². The monoisotopic (exact) mass is 334 g/mol. The lowest BCUT2D eigenvalue weighted by atomic mass is 10.1. The average Bonchev–Trinajstić information content (AvgIpc) is 3.01. The number of para-hydroxylation sites is 1. The van der Waals surface area contributed by atoms with Gasteiger partial charge in [-0.15, -0.1) is 5.10 Å². The van der Waals surface area contributed by atoms with E-state index < -0.39 is 0 Å². The maximum absolute atomic E-state index is 11.9. The molecule has 0 saturated heterocycles. The highest BCUT2D eigenvalue weighted by Gasteiger charge is 2.08. The molecule has 23 heavy (non-hydrogen) atoms. The summed E-state index contributed by atoms with van der Waals surface area (Å²) in [5.74, 6) is 2.01. The number of aryl methyl sites for hydroxylation is 1. The minimum atomic E-state index is -0.0215. The molecule has 0 unspecified atom stereocenters. The van der Waals surface area contributed by atoms with Crippen LogP contribution in [0.2, 0.25) is 0 Å². The predicted molar refractivity (Wildman–Crippen MR) is 90.8 cm³/mol. The predicted octanol–water partition coefficient (Wildman–Crippen LogP) is 2.22. The first-order valence-electron chi connectivity index (χ1n) is 7.65. The summed E-state index contributed by atoms with van der Waals surface area (Å²) >= 11 is 1.34. The number of benzene rings is 1. The van der Waals surface area contributed by atoms with Gasteiger partial charge in [0.2, 0.25) is 11.1 Å². The highest BCUT2D eigenvalue weighted by atomic mass is 32.2.